The van der Waals surface area contributed by atoms with Crippen LogP contribution in [0.1, 0.15) is 27.3 Å². The minimum Gasteiger partial charge on any atom is -0.338 e. The summed E-state index contributed by atoms with van der Waals surface area (Å²) in [5, 5.41) is 7.05. The van der Waals surface area contributed by atoms with E-state index >= 15 is 0 Å². The zero-order chi connectivity index (χ0) is 22.1. The van der Waals surface area contributed by atoms with Gasteiger partial charge in [0.25, 0.3) is 11.8 Å². The number of nitrogens with zero attached hydrogens (tertiary/aromatic N) is 6. The Hall–Kier alpha value is -4.27. The Morgan fingerprint density at radius 1 is 1.09 bits per heavy atom. The third-order valence-corrected chi connectivity index (χ3v) is 5.30. The van der Waals surface area contributed by atoms with Crippen LogP contribution in [0.2, 0.25) is 0 Å². The fourth-order valence-electron chi connectivity index (χ4n) is 3.53. The Morgan fingerprint density at radius 3 is 2.62 bits per heavy atom. The van der Waals surface area contributed by atoms with Crippen molar-refractivity contribution in [1.82, 2.24) is 29.0 Å². The zero-order valence-corrected chi connectivity index (χ0v) is 17.3. The van der Waals surface area contributed by atoms with Gasteiger partial charge in [0.1, 0.15) is 5.82 Å². The van der Waals surface area contributed by atoms with Crippen LogP contribution in [0.25, 0.3) is 17.0 Å². The maximum absolute atomic E-state index is 13.0. The van der Waals surface area contributed by atoms with E-state index in [1.54, 1.807) is 33.8 Å². The van der Waals surface area contributed by atoms with Gasteiger partial charge in [0, 0.05) is 37.2 Å². The summed E-state index contributed by atoms with van der Waals surface area (Å²) in [6, 6.07) is 11.5. The highest BCUT2D eigenvalue weighted by atomic mass is 16.2. The van der Waals surface area contributed by atoms with Gasteiger partial charge < -0.3 is 10.2 Å². The molecule has 0 bridgehead atoms. The largest absolute Gasteiger partial charge is 0.338 e. The minimum absolute atomic E-state index is 0.0683. The summed E-state index contributed by atoms with van der Waals surface area (Å²) >= 11 is 0. The number of aromatic nitrogens is 5. The molecule has 3 aromatic heterocycles. The highest BCUT2D eigenvalue weighted by Gasteiger charge is 2.29. The van der Waals surface area contributed by atoms with Crippen LogP contribution in [0.4, 0.5) is 5.82 Å². The first-order valence-corrected chi connectivity index (χ1v) is 10.3. The maximum atomic E-state index is 13.0. The molecule has 1 aliphatic rings. The predicted molar refractivity (Wildman–Crippen MR) is 119 cm³/mol. The van der Waals surface area contributed by atoms with Gasteiger partial charge >= 0.3 is 0 Å². The maximum Gasteiger partial charge on any atom is 0.278 e. The highest BCUT2D eigenvalue weighted by Crippen LogP contribution is 2.20. The van der Waals surface area contributed by atoms with E-state index in [0.29, 0.717) is 31.2 Å². The molecule has 9 nitrogen and oxygen atoms in total. The van der Waals surface area contributed by atoms with E-state index in [4.69, 9.17) is 0 Å². The molecular formula is C23H21N7O2. The molecule has 0 aliphatic carbocycles. The second kappa shape index (κ2) is 8.10. The number of carbonyl (C=O) groups excluding carboxylic acids is 2. The van der Waals surface area contributed by atoms with Gasteiger partial charge in [-0.1, -0.05) is 36.4 Å². The molecule has 1 saturated heterocycles. The number of rotatable bonds is 6. The lowest BCUT2D eigenvalue weighted by atomic mass is 10.1. The van der Waals surface area contributed by atoms with Crippen LogP contribution in [0, 0.1) is 0 Å². The average molecular weight is 427 g/mol. The topological polar surface area (TPSA) is 97.4 Å². The molecule has 5 rings (SSSR count). The molecule has 0 spiro atoms. The number of amides is 2. The van der Waals surface area contributed by atoms with E-state index in [-0.39, 0.29) is 17.2 Å². The smallest absolute Gasteiger partial charge is 0.278 e. The Balaban J connectivity index is 1.42. The third-order valence-electron chi connectivity index (χ3n) is 5.30. The van der Waals surface area contributed by atoms with Crippen molar-refractivity contribution in [3.8, 4) is 11.3 Å². The molecule has 4 aromatic rings. The molecule has 1 N–H and O–H groups in total. The SMILES string of the molecule is C=CCn1cc(C(=O)N2CCC2)c(C(=O)Nc2ccn3cc(-c4ccccc4)nc3n2)n1. The number of carbonyl (C=O) groups is 2. The summed E-state index contributed by atoms with van der Waals surface area (Å²) in [6.45, 7) is 5.47. The number of fused-ring (bicyclic) bond motifs is 1. The number of allylic oxidation sites excluding steroid dienone is 1. The lowest BCUT2D eigenvalue weighted by Gasteiger charge is -2.30. The Kier molecular flexibility index (Phi) is 4.98. The van der Waals surface area contributed by atoms with Crippen LogP contribution in [-0.2, 0) is 6.54 Å². The molecule has 1 fully saturated rings. The molecule has 160 valence electrons. The van der Waals surface area contributed by atoms with E-state index in [1.807, 2.05) is 36.5 Å². The lowest BCUT2D eigenvalue weighted by Crippen LogP contribution is -2.42. The van der Waals surface area contributed by atoms with Gasteiger partial charge in [-0.2, -0.15) is 10.1 Å². The number of likely N-dealkylation sites (tertiary alicyclic amines) is 1. The second-order valence-electron chi connectivity index (χ2n) is 7.51. The molecule has 2 amide bonds. The van der Waals surface area contributed by atoms with Crippen LogP contribution in [0.15, 0.2) is 67.6 Å². The van der Waals surface area contributed by atoms with Gasteiger partial charge in [-0.15, -0.1) is 6.58 Å². The van der Waals surface area contributed by atoms with Crippen LogP contribution in [0.3, 0.4) is 0 Å². The molecule has 0 radical (unpaired) electrons. The van der Waals surface area contributed by atoms with Crippen molar-refractivity contribution in [3.05, 3.63) is 78.9 Å². The normalized spacial score (nSPS) is 13.1. The van der Waals surface area contributed by atoms with Gasteiger partial charge in [-0.25, -0.2) is 4.98 Å². The Morgan fingerprint density at radius 2 is 1.91 bits per heavy atom. The van der Waals surface area contributed by atoms with E-state index < -0.39 is 5.91 Å². The summed E-state index contributed by atoms with van der Waals surface area (Å²) in [7, 11) is 0. The van der Waals surface area contributed by atoms with Crippen molar-refractivity contribution in [2.75, 3.05) is 18.4 Å². The van der Waals surface area contributed by atoms with E-state index in [2.05, 4.69) is 27.0 Å². The summed E-state index contributed by atoms with van der Waals surface area (Å²) < 4.78 is 3.32. The third kappa shape index (κ3) is 3.64. The number of nitrogens with one attached hydrogen (secondary N) is 1. The molecule has 0 saturated carbocycles. The molecular weight excluding hydrogens is 406 g/mol. The standard InChI is InChI=1S/C23H21N7O2/c1-2-10-30-14-17(22(32)28-11-6-12-28)20(27-30)21(31)25-19-9-13-29-15-18(24-23(29)26-19)16-7-4-3-5-8-16/h2-5,7-9,13-15H,1,6,10-12H2,(H,24,25,26,31). The van der Waals surface area contributed by atoms with E-state index in [0.717, 1.165) is 17.7 Å². The molecule has 0 atom stereocenters. The number of anilines is 1. The van der Waals surface area contributed by atoms with E-state index in [9.17, 15) is 9.59 Å². The summed E-state index contributed by atoms with van der Waals surface area (Å²) in [5.74, 6) is 0.0910. The molecule has 1 aliphatic heterocycles. The van der Waals surface area contributed by atoms with Gasteiger partial charge in [0.2, 0.25) is 5.78 Å². The first kappa shape index (κ1) is 19.7. The van der Waals surface area contributed by atoms with Gasteiger partial charge in [0.15, 0.2) is 5.69 Å². The van der Waals surface area contributed by atoms with Crippen molar-refractivity contribution < 1.29 is 9.59 Å². The van der Waals surface area contributed by atoms with E-state index in [1.165, 1.54) is 4.68 Å². The molecule has 32 heavy (non-hydrogen) atoms. The van der Waals surface area contributed by atoms with Crippen LogP contribution in [0.5, 0.6) is 0 Å². The van der Waals surface area contributed by atoms with Gasteiger partial charge in [0.05, 0.1) is 17.8 Å². The average Bonchev–Trinajstić information content (AvgIpc) is 3.37. The monoisotopic (exact) mass is 427 g/mol. The molecule has 4 heterocycles. The van der Waals surface area contributed by atoms with Gasteiger partial charge in [-0.3, -0.25) is 18.7 Å². The summed E-state index contributed by atoms with van der Waals surface area (Å²) in [4.78, 5) is 36.5. The van der Waals surface area contributed by atoms with Gasteiger partial charge in [-0.05, 0) is 12.5 Å². The van der Waals surface area contributed by atoms with Crippen molar-refractivity contribution in [2.45, 2.75) is 13.0 Å². The Labute approximate surface area is 184 Å². The Bertz CT molecular complexity index is 1320. The van der Waals surface area contributed by atoms with Crippen LogP contribution in [-0.4, -0.2) is 54.0 Å². The first-order valence-electron chi connectivity index (χ1n) is 10.3. The van der Waals surface area contributed by atoms with Crippen molar-refractivity contribution in [3.63, 3.8) is 0 Å². The minimum atomic E-state index is -0.497. The molecule has 0 unspecified atom stereocenters. The van der Waals surface area contributed by atoms with Crippen molar-refractivity contribution >= 4 is 23.4 Å². The lowest BCUT2D eigenvalue weighted by molar-refractivity contribution is 0.0648. The summed E-state index contributed by atoms with van der Waals surface area (Å²) in [5.41, 5.74) is 2.11. The quantitative estimate of drug-likeness (QED) is 0.477. The second-order valence-corrected chi connectivity index (χ2v) is 7.51. The number of imidazole rings is 1. The van der Waals surface area contributed by atoms with Crippen molar-refractivity contribution in [1.29, 1.82) is 0 Å². The first-order chi connectivity index (χ1) is 15.6. The number of hydrogen-bond acceptors (Lipinski definition) is 5. The molecule has 1 aromatic carbocycles. The molecule has 9 heteroatoms. The number of hydrogen-bond donors (Lipinski definition) is 1. The summed E-state index contributed by atoms with van der Waals surface area (Å²) in [6.07, 6.45) is 7.87. The fraction of sp³-hybridized carbons (Fsp3) is 0.174. The zero-order valence-electron chi connectivity index (χ0n) is 17.3. The van der Waals surface area contributed by atoms with Crippen LogP contribution < -0.4 is 5.32 Å². The predicted octanol–water partition coefficient (Wildman–Crippen LogP) is 2.88. The van der Waals surface area contributed by atoms with Crippen molar-refractivity contribution in [2.24, 2.45) is 0 Å². The highest BCUT2D eigenvalue weighted by molar-refractivity contribution is 6.10. The van der Waals surface area contributed by atoms with Crippen LogP contribution >= 0.6 is 0 Å². The number of benzene rings is 1. The fourth-order valence-corrected chi connectivity index (χ4v) is 3.53.